The van der Waals surface area contributed by atoms with Gasteiger partial charge in [0, 0.05) is 18.2 Å². The molecule has 2 heterocycles. The second-order valence-electron chi connectivity index (χ2n) is 7.42. The smallest absolute Gasteiger partial charge is 0.433 e. The number of benzene rings is 2. The molecule has 0 aliphatic rings. The molecule has 0 aliphatic carbocycles. The number of nitrogens with one attached hydrogen (secondary N) is 1. The summed E-state index contributed by atoms with van der Waals surface area (Å²) in [7, 11) is 4.42. The number of methoxy groups -OCH3 is 3. The van der Waals surface area contributed by atoms with Crippen molar-refractivity contribution in [1.82, 2.24) is 19.9 Å². The van der Waals surface area contributed by atoms with Gasteiger partial charge in [0.15, 0.2) is 28.5 Å². The minimum atomic E-state index is -4.74. The highest BCUT2D eigenvalue weighted by Crippen LogP contribution is 2.35. The SMILES string of the molecule is COc1ccc(CNC(=O)c2cc3nc(-c4ccc(OC)c(OC)c4)cc(C(F)(F)F)n3n2)cc1. The molecule has 4 rings (SSSR count). The average Bonchev–Trinajstić information content (AvgIpc) is 3.30. The van der Waals surface area contributed by atoms with Crippen molar-refractivity contribution in [2.24, 2.45) is 0 Å². The van der Waals surface area contributed by atoms with Gasteiger partial charge in [0.25, 0.3) is 5.91 Å². The fraction of sp³-hybridized carbons (Fsp3) is 0.208. The molecule has 11 heteroatoms. The molecule has 35 heavy (non-hydrogen) atoms. The first kappa shape index (κ1) is 23.9. The fourth-order valence-corrected chi connectivity index (χ4v) is 3.45. The van der Waals surface area contributed by atoms with Gasteiger partial charge in [0.05, 0.1) is 27.0 Å². The van der Waals surface area contributed by atoms with Crippen LogP contribution in [0.1, 0.15) is 21.7 Å². The largest absolute Gasteiger partial charge is 0.497 e. The number of rotatable bonds is 7. The predicted molar refractivity (Wildman–Crippen MR) is 121 cm³/mol. The molecule has 2 aromatic carbocycles. The molecule has 0 saturated heterocycles. The molecule has 1 amide bonds. The molecule has 182 valence electrons. The van der Waals surface area contributed by atoms with E-state index in [0.717, 1.165) is 11.6 Å². The van der Waals surface area contributed by atoms with Gasteiger partial charge < -0.3 is 19.5 Å². The monoisotopic (exact) mass is 486 g/mol. The summed E-state index contributed by atoms with van der Waals surface area (Å²) < 4.78 is 57.8. The summed E-state index contributed by atoms with van der Waals surface area (Å²) in [6.07, 6.45) is -4.74. The average molecular weight is 486 g/mol. The lowest BCUT2D eigenvalue weighted by Crippen LogP contribution is -2.23. The van der Waals surface area contributed by atoms with Gasteiger partial charge in [-0.15, -0.1) is 0 Å². The summed E-state index contributed by atoms with van der Waals surface area (Å²) in [6.45, 7) is 0.160. The Labute approximate surface area is 198 Å². The van der Waals surface area contributed by atoms with Crippen molar-refractivity contribution in [3.05, 3.63) is 71.5 Å². The van der Waals surface area contributed by atoms with Gasteiger partial charge >= 0.3 is 6.18 Å². The molecule has 8 nitrogen and oxygen atoms in total. The summed E-state index contributed by atoms with van der Waals surface area (Å²) in [6, 6.07) is 13.8. The normalized spacial score (nSPS) is 11.4. The highest BCUT2D eigenvalue weighted by Gasteiger charge is 2.35. The van der Waals surface area contributed by atoms with Crippen molar-refractivity contribution in [3.8, 4) is 28.5 Å². The van der Waals surface area contributed by atoms with Crippen LogP contribution in [0.3, 0.4) is 0 Å². The first-order valence-electron chi connectivity index (χ1n) is 10.3. The van der Waals surface area contributed by atoms with Gasteiger partial charge in [-0.2, -0.15) is 18.3 Å². The number of fused-ring (bicyclic) bond motifs is 1. The number of ether oxygens (including phenoxy) is 3. The molecule has 0 atom stereocenters. The molecule has 0 aliphatic heterocycles. The van der Waals surface area contributed by atoms with Crippen LogP contribution >= 0.6 is 0 Å². The lowest BCUT2D eigenvalue weighted by molar-refractivity contribution is -0.142. The number of aromatic nitrogens is 3. The Bertz CT molecular complexity index is 1370. The lowest BCUT2D eigenvalue weighted by Gasteiger charge is -2.12. The molecule has 2 aromatic heterocycles. The van der Waals surface area contributed by atoms with Crippen molar-refractivity contribution in [1.29, 1.82) is 0 Å². The molecule has 0 bridgehead atoms. The standard InChI is InChI=1S/C24H21F3N4O4/c1-33-16-7-4-14(5-8-16)13-28-23(32)18-12-22-29-17(11-21(24(25,26)27)31(22)30-18)15-6-9-19(34-2)20(10-15)35-3/h4-12H,13H2,1-3H3,(H,28,32). The van der Waals surface area contributed by atoms with Crippen molar-refractivity contribution in [3.63, 3.8) is 0 Å². The van der Waals surface area contributed by atoms with E-state index in [1.54, 1.807) is 43.5 Å². The Morgan fingerprint density at radius 2 is 1.66 bits per heavy atom. The Morgan fingerprint density at radius 3 is 2.29 bits per heavy atom. The van der Waals surface area contributed by atoms with E-state index < -0.39 is 17.8 Å². The number of carbonyl (C=O) groups is 1. The molecular weight excluding hydrogens is 465 g/mol. The predicted octanol–water partition coefficient (Wildman–Crippen LogP) is 4.37. The molecule has 0 spiro atoms. The Kier molecular flexibility index (Phi) is 6.50. The number of carbonyl (C=O) groups excluding carboxylic acids is 1. The third kappa shape index (κ3) is 4.98. The van der Waals surface area contributed by atoms with E-state index in [1.807, 2.05) is 0 Å². The maximum Gasteiger partial charge on any atom is 0.433 e. The van der Waals surface area contributed by atoms with Crippen LogP contribution in [-0.4, -0.2) is 41.8 Å². The molecule has 1 N–H and O–H groups in total. The molecule has 0 unspecified atom stereocenters. The minimum absolute atomic E-state index is 0.0378. The van der Waals surface area contributed by atoms with Crippen LogP contribution in [0.25, 0.3) is 16.9 Å². The third-order valence-electron chi connectivity index (χ3n) is 5.24. The zero-order valence-electron chi connectivity index (χ0n) is 19.0. The number of alkyl halides is 3. The highest BCUT2D eigenvalue weighted by atomic mass is 19.4. The second-order valence-corrected chi connectivity index (χ2v) is 7.42. The first-order chi connectivity index (χ1) is 16.7. The van der Waals surface area contributed by atoms with E-state index >= 15 is 0 Å². The number of halogens is 3. The van der Waals surface area contributed by atoms with Crippen LogP contribution < -0.4 is 19.5 Å². The zero-order chi connectivity index (χ0) is 25.2. The van der Waals surface area contributed by atoms with E-state index in [0.29, 0.717) is 27.3 Å². The topological polar surface area (TPSA) is 87.0 Å². The summed E-state index contributed by atoms with van der Waals surface area (Å²) in [5.41, 5.74) is -0.187. The van der Waals surface area contributed by atoms with Crippen LogP contribution in [0.15, 0.2) is 54.6 Å². The van der Waals surface area contributed by atoms with Gasteiger partial charge in [-0.3, -0.25) is 4.79 Å². The van der Waals surface area contributed by atoms with E-state index in [-0.39, 0.29) is 23.6 Å². The molecule has 4 aromatic rings. The van der Waals surface area contributed by atoms with Crippen LogP contribution in [0, 0.1) is 0 Å². The highest BCUT2D eigenvalue weighted by molar-refractivity contribution is 5.93. The molecular formula is C24H21F3N4O4. The summed E-state index contributed by atoms with van der Waals surface area (Å²) >= 11 is 0. The molecule has 0 radical (unpaired) electrons. The fourth-order valence-electron chi connectivity index (χ4n) is 3.45. The zero-order valence-corrected chi connectivity index (χ0v) is 19.0. The minimum Gasteiger partial charge on any atom is -0.497 e. The van der Waals surface area contributed by atoms with E-state index in [4.69, 9.17) is 14.2 Å². The van der Waals surface area contributed by atoms with Gasteiger partial charge in [0.1, 0.15) is 5.75 Å². The second kappa shape index (κ2) is 9.53. The number of amides is 1. The van der Waals surface area contributed by atoms with Crippen LogP contribution in [0.4, 0.5) is 13.2 Å². The number of hydrogen-bond donors (Lipinski definition) is 1. The van der Waals surface area contributed by atoms with Crippen molar-refractivity contribution in [2.45, 2.75) is 12.7 Å². The van der Waals surface area contributed by atoms with Crippen LogP contribution in [0.5, 0.6) is 17.2 Å². The van der Waals surface area contributed by atoms with Crippen molar-refractivity contribution >= 4 is 11.6 Å². The third-order valence-corrected chi connectivity index (χ3v) is 5.24. The van der Waals surface area contributed by atoms with Crippen molar-refractivity contribution < 1.29 is 32.2 Å². The quantitative estimate of drug-likeness (QED) is 0.418. The van der Waals surface area contributed by atoms with Crippen molar-refractivity contribution in [2.75, 3.05) is 21.3 Å². The molecule has 0 fully saturated rings. The maximum atomic E-state index is 13.9. The van der Waals surface area contributed by atoms with Gasteiger partial charge in [0.2, 0.25) is 0 Å². The number of nitrogens with zero attached hydrogens (tertiary/aromatic N) is 3. The van der Waals surface area contributed by atoms with E-state index in [2.05, 4.69) is 15.4 Å². The van der Waals surface area contributed by atoms with Gasteiger partial charge in [-0.25, -0.2) is 9.50 Å². The summed E-state index contributed by atoms with van der Waals surface area (Å²) in [5, 5.41) is 6.52. The van der Waals surface area contributed by atoms with E-state index in [1.165, 1.54) is 26.4 Å². The first-order valence-corrected chi connectivity index (χ1v) is 10.3. The van der Waals surface area contributed by atoms with Crippen LogP contribution in [-0.2, 0) is 12.7 Å². The summed E-state index contributed by atoms with van der Waals surface area (Å²) in [4.78, 5) is 16.9. The molecule has 0 saturated carbocycles. The van der Waals surface area contributed by atoms with Gasteiger partial charge in [-0.05, 0) is 42.0 Å². The van der Waals surface area contributed by atoms with E-state index in [9.17, 15) is 18.0 Å². The Balaban J connectivity index is 1.68. The Morgan fingerprint density at radius 1 is 0.943 bits per heavy atom. The Hall–Kier alpha value is -4.28. The lowest BCUT2D eigenvalue weighted by atomic mass is 10.1. The summed E-state index contributed by atoms with van der Waals surface area (Å²) in [5.74, 6) is 0.796. The maximum absolute atomic E-state index is 13.9. The number of hydrogen-bond acceptors (Lipinski definition) is 6. The van der Waals surface area contributed by atoms with Crippen LogP contribution in [0.2, 0.25) is 0 Å². The van der Waals surface area contributed by atoms with Gasteiger partial charge in [-0.1, -0.05) is 12.1 Å².